The summed E-state index contributed by atoms with van der Waals surface area (Å²) in [4.78, 5) is 16.1. The fraction of sp³-hybridized carbons (Fsp3) is 0.400. The highest BCUT2D eigenvalue weighted by Gasteiger charge is 1.99. The summed E-state index contributed by atoms with van der Waals surface area (Å²) in [6.07, 6.45) is 3.60. The first-order chi connectivity index (χ1) is 4.79. The van der Waals surface area contributed by atoms with E-state index in [0.717, 1.165) is 0 Å². The number of nitro groups is 1. The first kappa shape index (κ1) is 6.73. The minimum Gasteiger partial charge on any atom is -0.348 e. The van der Waals surface area contributed by atoms with Gasteiger partial charge in [-0.25, -0.2) is 4.98 Å². The third-order valence-corrected chi connectivity index (χ3v) is 1.09. The van der Waals surface area contributed by atoms with Crippen molar-refractivity contribution in [3.05, 3.63) is 28.3 Å². The number of nitrogens with one attached hydrogen (secondary N) is 1. The Labute approximate surface area is 57.2 Å². The van der Waals surface area contributed by atoms with Crippen molar-refractivity contribution in [2.45, 2.75) is 6.42 Å². The molecule has 54 valence electrons. The van der Waals surface area contributed by atoms with Crippen LogP contribution in [0.5, 0.6) is 0 Å². The van der Waals surface area contributed by atoms with Crippen molar-refractivity contribution in [2.75, 3.05) is 6.54 Å². The minimum atomic E-state index is -0.359. The number of imidazole rings is 1. The molecule has 0 saturated heterocycles. The van der Waals surface area contributed by atoms with E-state index in [0.29, 0.717) is 12.2 Å². The van der Waals surface area contributed by atoms with Crippen LogP contribution in [0.1, 0.15) is 5.82 Å². The Bertz CT molecular complexity index is 207. The van der Waals surface area contributed by atoms with Crippen LogP contribution in [-0.2, 0) is 6.42 Å². The van der Waals surface area contributed by atoms with Crippen LogP contribution in [0.2, 0.25) is 0 Å². The number of hydrogen-bond donors (Lipinski definition) is 1. The van der Waals surface area contributed by atoms with Crippen molar-refractivity contribution in [2.24, 2.45) is 0 Å². The maximum atomic E-state index is 9.86. The zero-order valence-corrected chi connectivity index (χ0v) is 5.28. The van der Waals surface area contributed by atoms with Crippen LogP contribution in [0.3, 0.4) is 0 Å². The maximum absolute atomic E-state index is 9.86. The van der Waals surface area contributed by atoms with Crippen molar-refractivity contribution >= 4 is 0 Å². The van der Waals surface area contributed by atoms with Gasteiger partial charge in [0.25, 0.3) is 0 Å². The van der Waals surface area contributed by atoms with E-state index in [2.05, 4.69) is 9.97 Å². The third-order valence-electron chi connectivity index (χ3n) is 1.09. The quantitative estimate of drug-likeness (QED) is 0.483. The monoisotopic (exact) mass is 141 g/mol. The fourth-order valence-electron chi connectivity index (χ4n) is 0.632. The van der Waals surface area contributed by atoms with Crippen LogP contribution in [0, 0.1) is 10.1 Å². The first-order valence-corrected chi connectivity index (χ1v) is 2.89. The molecule has 10 heavy (non-hydrogen) atoms. The molecule has 0 aliphatic carbocycles. The van der Waals surface area contributed by atoms with Gasteiger partial charge in [-0.05, 0) is 0 Å². The molecular formula is C5H7N3O2. The zero-order chi connectivity index (χ0) is 7.40. The van der Waals surface area contributed by atoms with Crippen molar-refractivity contribution < 1.29 is 4.92 Å². The van der Waals surface area contributed by atoms with Gasteiger partial charge in [0.15, 0.2) is 0 Å². The second kappa shape index (κ2) is 2.95. The molecule has 1 N–H and O–H groups in total. The second-order valence-corrected chi connectivity index (χ2v) is 1.84. The molecule has 0 amide bonds. The van der Waals surface area contributed by atoms with E-state index in [4.69, 9.17) is 0 Å². The number of aromatic nitrogens is 2. The van der Waals surface area contributed by atoms with E-state index >= 15 is 0 Å². The predicted molar refractivity (Wildman–Crippen MR) is 34.2 cm³/mol. The zero-order valence-electron chi connectivity index (χ0n) is 5.28. The molecule has 5 nitrogen and oxygen atoms in total. The molecular weight excluding hydrogens is 134 g/mol. The molecule has 0 aliphatic heterocycles. The molecule has 0 aliphatic rings. The Hall–Kier alpha value is -1.39. The van der Waals surface area contributed by atoms with E-state index in [1.165, 1.54) is 0 Å². The van der Waals surface area contributed by atoms with Crippen LogP contribution in [0.25, 0.3) is 0 Å². The normalized spacial score (nSPS) is 9.60. The van der Waals surface area contributed by atoms with Crippen molar-refractivity contribution in [3.63, 3.8) is 0 Å². The number of H-pyrrole nitrogens is 1. The summed E-state index contributed by atoms with van der Waals surface area (Å²) in [7, 11) is 0. The van der Waals surface area contributed by atoms with Gasteiger partial charge in [-0.15, -0.1) is 0 Å². The lowest BCUT2D eigenvalue weighted by Crippen LogP contribution is -2.04. The average molecular weight is 141 g/mol. The highest BCUT2D eigenvalue weighted by atomic mass is 16.6. The van der Waals surface area contributed by atoms with E-state index in [-0.39, 0.29) is 11.5 Å². The van der Waals surface area contributed by atoms with Crippen LogP contribution in [-0.4, -0.2) is 21.4 Å². The number of nitrogens with zero attached hydrogens (tertiary/aromatic N) is 2. The third kappa shape index (κ3) is 1.85. The topological polar surface area (TPSA) is 71.8 Å². The summed E-state index contributed by atoms with van der Waals surface area (Å²) >= 11 is 0. The summed E-state index contributed by atoms with van der Waals surface area (Å²) in [5, 5.41) is 9.86. The highest BCUT2D eigenvalue weighted by molar-refractivity contribution is 4.86. The Balaban J connectivity index is 2.35. The lowest BCUT2D eigenvalue weighted by Gasteiger charge is -1.88. The predicted octanol–water partition coefficient (Wildman–Crippen LogP) is 0.229. The summed E-state index contributed by atoms with van der Waals surface area (Å²) in [6.45, 7) is -0.0620. The van der Waals surface area contributed by atoms with E-state index in [1.54, 1.807) is 12.4 Å². The summed E-state index contributed by atoms with van der Waals surface area (Å²) < 4.78 is 0. The summed E-state index contributed by atoms with van der Waals surface area (Å²) in [6, 6.07) is 0. The molecule has 1 aromatic rings. The van der Waals surface area contributed by atoms with Gasteiger partial charge in [-0.2, -0.15) is 0 Å². The summed E-state index contributed by atoms with van der Waals surface area (Å²) in [5.74, 6) is 0.664. The smallest absolute Gasteiger partial charge is 0.210 e. The second-order valence-electron chi connectivity index (χ2n) is 1.84. The minimum absolute atomic E-state index is 0.0620. The Morgan fingerprint density at radius 3 is 3.10 bits per heavy atom. The highest BCUT2D eigenvalue weighted by Crippen LogP contribution is 1.88. The standard InChI is InChI=1S/C5H7N3O2/c9-8(10)4-1-5-6-2-3-7-5/h2-3H,1,4H2,(H,6,7). The van der Waals surface area contributed by atoms with Crippen LogP contribution in [0.15, 0.2) is 12.4 Å². The van der Waals surface area contributed by atoms with Crippen LogP contribution in [0.4, 0.5) is 0 Å². The van der Waals surface area contributed by atoms with Gasteiger partial charge >= 0.3 is 0 Å². The van der Waals surface area contributed by atoms with E-state index < -0.39 is 0 Å². The average Bonchev–Trinajstić information content (AvgIpc) is 2.34. The van der Waals surface area contributed by atoms with Crippen LogP contribution >= 0.6 is 0 Å². The number of aromatic amines is 1. The molecule has 0 radical (unpaired) electrons. The van der Waals surface area contributed by atoms with E-state index in [9.17, 15) is 10.1 Å². The molecule has 5 heteroatoms. The Morgan fingerprint density at radius 1 is 1.80 bits per heavy atom. The Morgan fingerprint density at radius 2 is 2.60 bits per heavy atom. The largest absolute Gasteiger partial charge is 0.348 e. The molecule has 1 heterocycles. The van der Waals surface area contributed by atoms with Crippen molar-refractivity contribution in [1.29, 1.82) is 0 Å². The lowest BCUT2D eigenvalue weighted by molar-refractivity contribution is -0.479. The first-order valence-electron chi connectivity index (χ1n) is 2.89. The molecule has 0 aromatic carbocycles. The van der Waals surface area contributed by atoms with Gasteiger partial charge in [0.05, 0.1) is 6.42 Å². The number of hydrogen-bond acceptors (Lipinski definition) is 3. The number of rotatable bonds is 3. The van der Waals surface area contributed by atoms with Gasteiger partial charge in [-0.1, -0.05) is 0 Å². The molecule has 0 spiro atoms. The van der Waals surface area contributed by atoms with Gasteiger partial charge in [0.1, 0.15) is 5.82 Å². The maximum Gasteiger partial charge on any atom is 0.210 e. The summed E-state index contributed by atoms with van der Waals surface area (Å²) in [5.41, 5.74) is 0. The van der Waals surface area contributed by atoms with Gasteiger partial charge < -0.3 is 4.98 Å². The van der Waals surface area contributed by atoms with Gasteiger partial charge in [0.2, 0.25) is 6.54 Å². The fourth-order valence-corrected chi connectivity index (χ4v) is 0.632. The molecule has 1 aromatic heterocycles. The molecule has 0 atom stereocenters. The van der Waals surface area contributed by atoms with Crippen molar-refractivity contribution in [1.82, 2.24) is 9.97 Å². The molecule has 1 rings (SSSR count). The van der Waals surface area contributed by atoms with Gasteiger partial charge in [0, 0.05) is 17.3 Å². The van der Waals surface area contributed by atoms with E-state index in [1.807, 2.05) is 0 Å². The van der Waals surface area contributed by atoms with Crippen molar-refractivity contribution in [3.8, 4) is 0 Å². The Kier molecular flexibility index (Phi) is 1.99. The van der Waals surface area contributed by atoms with Gasteiger partial charge in [-0.3, -0.25) is 10.1 Å². The molecule has 0 bridgehead atoms. The lowest BCUT2D eigenvalue weighted by atomic mass is 10.4. The van der Waals surface area contributed by atoms with Crippen LogP contribution < -0.4 is 0 Å². The molecule has 0 unspecified atom stereocenters. The SMILES string of the molecule is O=[N+]([O-])CCc1ncc[nH]1. The molecule has 0 saturated carbocycles. The molecule has 0 fully saturated rings.